The van der Waals surface area contributed by atoms with E-state index in [0.29, 0.717) is 0 Å². The fourth-order valence-electron chi connectivity index (χ4n) is 1.99. The predicted octanol–water partition coefficient (Wildman–Crippen LogP) is 3.40. The monoisotopic (exact) mass is 349 g/mol. The molecule has 0 unspecified atom stereocenters. The quantitative estimate of drug-likeness (QED) is 0.613. The summed E-state index contributed by atoms with van der Waals surface area (Å²) in [5.41, 5.74) is 0.154. The molecule has 0 aliphatic carbocycles. The van der Waals surface area contributed by atoms with Crippen molar-refractivity contribution in [1.29, 1.82) is 0 Å². The summed E-state index contributed by atoms with van der Waals surface area (Å²) in [6.45, 7) is 0. The molecule has 0 spiro atoms. The highest BCUT2D eigenvalue weighted by Gasteiger charge is 2.29. The van der Waals surface area contributed by atoms with Crippen LogP contribution in [0, 0.1) is 0 Å². The van der Waals surface area contributed by atoms with Gasteiger partial charge in [0, 0.05) is 25.9 Å². The summed E-state index contributed by atoms with van der Waals surface area (Å²) >= 11 is 6.04. The number of ketones is 1. The molecule has 0 heterocycles. The summed E-state index contributed by atoms with van der Waals surface area (Å²) in [7, 11) is -0.643. The second-order valence-electron chi connectivity index (χ2n) is 5.08. The van der Waals surface area contributed by atoms with Gasteiger partial charge < -0.3 is 4.90 Å². The van der Waals surface area contributed by atoms with E-state index in [1.807, 2.05) is 0 Å². The average Bonchev–Trinajstić information content (AvgIpc) is 2.53. The number of hydrogen-bond donors (Lipinski definition) is 0. The minimum atomic E-state index is -3.95. The molecule has 2 aromatic rings. The zero-order valence-corrected chi connectivity index (χ0v) is 14.3. The van der Waals surface area contributed by atoms with Gasteiger partial charge in [-0.2, -0.15) is 0 Å². The van der Waals surface area contributed by atoms with Gasteiger partial charge in [-0.25, -0.2) is 8.42 Å². The first-order valence-corrected chi connectivity index (χ1v) is 8.68. The van der Waals surface area contributed by atoms with E-state index in [1.165, 1.54) is 29.3 Å². The molecule has 6 heteroatoms. The molecule has 0 amide bonds. The zero-order valence-electron chi connectivity index (χ0n) is 12.7. The van der Waals surface area contributed by atoms with Gasteiger partial charge >= 0.3 is 0 Å². The van der Waals surface area contributed by atoms with Gasteiger partial charge in [-0.1, -0.05) is 41.9 Å². The van der Waals surface area contributed by atoms with Crippen LogP contribution >= 0.6 is 11.6 Å². The molecule has 0 saturated carbocycles. The zero-order chi connectivity index (χ0) is 17.0. The molecule has 0 aliphatic heterocycles. The summed E-state index contributed by atoms with van der Waals surface area (Å²) in [4.78, 5) is 14.0. The molecule has 0 atom stereocenters. The SMILES string of the molecule is CN(C)/C=C(/C(=O)c1ccccc1Cl)S(=O)(=O)c1ccccc1. The van der Waals surface area contributed by atoms with E-state index in [0.717, 1.165) is 0 Å². The number of sulfone groups is 1. The Balaban J connectivity index is 2.60. The van der Waals surface area contributed by atoms with Crippen LogP contribution in [0.15, 0.2) is 70.6 Å². The summed E-state index contributed by atoms with van der Waals surface area (Å²) in [6, 6.07) is 14.2. The van der Waals surface area contributed by atoms with Crippen molar-refractivity contribution < 1.29 is 13.2 Å². The van der Waals surface area contributed by atoms with E-state index < -0.39 is 15.6 Å². The lowest BCUT2D eigenvalue weighted by Crippen LogP contribution is -2.18. The number of hydrogen-bond acceptors (Lipinski definition) is 4. The van der Waals surface area contributed by atoms with Crippen LogP contribution in [-0.4, -0.2) is 33.2 Å². The Morgan fingerprint density at radius 3 is 2.13 bits per heavy atom. The molecule has 0 bridgehead atoms. The highest BCUT2D eigenvalue weighted by Crippen LogP contribution is 2.26. The van der Waals surface area contributed by atoms with E-state index in [4.69, 9.17) is 11.6 Å². The van der Waals surface area contributed by atoms with E-state index in [2.05, 4.69) is 0 Å². The molecule has 120 valence electrons. The fourth-order valence-corrected chi connectivity index (χ4v) is 3.68. The number of Topliss-reactive ketones (excluding diaryl/α,β-unsaturated/α-hetero) is 1. The second kappa shape index (κ2) is 6.98. The minimum Gasteiger partial charge on any atom is -0.382 e. The third-order valence-corrected chi connectivity index (χ3v) is 5.15. The van der Waals surface area contributed by atoms with Crippen LogP contribution in [0.5, 0.6) is 0 Å². The number of nitrogens with zero attached hydrogens (tertiary/aromatic N) is 1. The van der Waals surface area contributed by atoms with Crippen LogP contribution in [0.2, 0.25) is 5.02 Å². The molecule has 0 radical (unpaired) electrons. The van der Waals surface area contributed by atoms with Gasteiger partial charge in [0.25, 0.3) is 0 Å². The number of allylic oxidation sites excluding steroid dienone is 1. The summed E-state index contributed by atoms with van der Waals surface area (Å²) in [6.07, 6.45) is 1.30. The van der Waals surface area contributed by atoms with Crippen molar-refractivity contribution in [1.82, 2.24) is 4.90 Å². The Morgan fingerprint density at radius 1 is 1.00 bits per heavy atom. The van der Waals surface area contributed by atoms with Crippen LogP contribution in [0.1, 0.15) is 10.4 Å². The highest BCUT2D eigenvalue weighted by atomic mass is 35.5. The standard InChI is InChI=1S/C17H16ClNO3S/c1-19(2)12-16(17(20)14-10-6-7-11-15(14)18)23(21,22)13-8-4-3-5-9-13/h3-12H,1-2H3/b16-12-. The van der Waals surface area contributed by atoms with E-state index >= 15 is 0 Å². The Kier molecular flexibility index (Phi) is 5.23. The Labute approximate surface area is 140 Å². The summed E-state index contributed by atoms with van der Waals surface area (Å²) in [5.74, 6) is -0.631. The van der Waals surface area contributed by atoms with E-state index in [1.54, 1.807) is 50.5 Å². The van der Waals surface area contributed by atoms with Gasteiger partial charge in [-0.05, 0) is 24.3 Å². The molecule has 0 saturated heterocycles. The van der Waals surface area contributed by atoms with Crippen molar-refractivity contribution >= 4 is 27.2 Å². The first-order valence-electron chi connectivity index (χ1n) is 6.81. The Hall–Kier alpha value is -2.11. The van der Waals surface area contributed by atoms with Crippen molar-refractivity contribution in [2.75, 3.05) is 14.1 Å². The van der Waals surface area contributed by atoms with Gasteiger partial charge in [-0.15, -0.1) is 0 Å². The number of rotatable bonds is 5. The second-order valence-corrected chi connectivity index (χ2v) is 7.41. The van der Waals surface area contributed by atoms with E-state index in [9.17, 15) is 13.2 Å². The van der Waals surface area contributed by atoms with Gasteiger partial charge in [0.15, 0.2) is 0 Å². The molecule has 2 aromatic carbocycles. The van der Waals surface area contributed by atoms with Crippen molar-refractivity contribution in [3.05, 3.63) is 76.3 Å². The number of halogens is 1. The van der Waals surface area contributed by atoms with Crippen LogP contribution < -0.4 is 0 Å². The normalized spacial score (nSPS) is 12.0. The van der Waals surface area contributed by atoms with E-state index in [-0.39, 0.29) is 20.4 Å². The van der Waals surface area contributed by atoms with Crippen molar-refractivity contribution in [2.24, 2.45) is 0 Å². The molecular weight excluding hydrogens is 334 g/mol. The summed E-state index contributed by atoms with van der Waals surface area (Å²) < 4.78 is 25.7. The van der Waals surface area contributed by atoms with Gasteiger partial charge in [0.1, 0.15) is 4.91 Å². The lowest BCUT2D eigenvalue weighted by atomic mass is 10.1. The molecular formula is C17H16ClNO3S. The van der Waals surface area contributed by atoms with Gasteiger partial charge in [0.2, 0.25) is 15.6 Å². The highest BCUT2D eigenvalue weighted by molar-refractivity contribution is 7.96. The number of carbonyl (C=O) groups is 1. The average molecular weight is 350 g/mol. The topological polar surface area (TPSA) is 54.5 Å². The third kappa shape index (κ3) is 3.81. The van der Waals surface area contributed by atoms with Crippen molar-refractivity contribution in [3.63, 3.8) is 0 Å². The lowest BCUT2D eigenvalue weighted by Gasteiger charge is -2.13. The van der Waals surface area contributed by atoms with Crippen molar-refractivity contribution in [3.8, 4) is 0 Å². The lowest BCUT2D eigenvalue weighted by molar-refractivity contribution is 0.104. The third-order valence-electron chi connectivity index (χ3n) is 3.06. The van der Waals surface area contributed by atoms with Crippen LogP contribution in [0.4, 0.5) is 0 Å². The minimum absolute atomic E-state index is 0.0634. The molecule has 2 rings (SSSR count). The van der Waals surface area contributed by atoms with Gasteiger partial charge in [0.05, 0.1) is 9.92 Å². The predicted molar refractivity (Wildman–Crippen MR) is 91.2 cm³/mol. The van der Waals surface area contributed by atoms with Crippen LogP contribution in [0.25, 0.3) is 0 Å². The smallest absolute Gasteiger partial charge is 0.211 e. The van der Waals surface area contributed by atoms with Crippen LogP contribution in [-0.2, 0) is 9.84 Å². The molecule has 0 N–H and O–H groups in total. The maximum absolute atomic E-state index is 12.8. The van der Waals surface area contributed by atoms with Gasteiger partial charge in [-0.3, -0.25) is 4.79 Å². The molecule has 0 aromatic heterocycles. The largest absolute Gasteiger partial charge is 0.382 e. The first kappa shape index (κ1) is 17.2. The number of carbonyl (C=O) groups excluding carboxylic acids is 1. The van der Waals surface area contributed by atoms with Crippen molar-refractivity contribution in [2.45, 2.75) is 4.90 Å². The summed E-state index contributed by atoms with van der Waals surface area (Å²) in [5, 5.41) is 0.213. The Bertz CT molecular complexity index is 843. The molecule has 0 fully saturated rings. The first-order chi connectivity index (χ1) is 10.8. The fraction of sp³-hybridized carbons (Fsp3) is 0.118. The maximum Gasteiger partial charge on any atom is 0.211 e. The molecule has 23 heavy (non-hydrogen) atoms. The number of benzene rings is 2. The Morgan fingerprint density at radius 2 is 1.57 bits per heavy atom. The molecule has 4 nitrogen and oxygen atoms in total. The van der Waals surface area contributed by atoms with Crippen LogP contribution in [0.3, 0.4) is 0 Å². The molecule has 0 aliphatic rings. The maximum atomic E-state index is 12.8.